The van der Waals surface area contributed by atoms with Crippen molar-refractivity contribution in [1.29, 1.82) is 0 Å². The third kappa shape index (κ3) is 3.64. The van der Waals surface area contributed by atoms with Gasteiger partial charge in [-0.15, -0.1) is 11.3 Å². The number of nitrogens with one attached hydrogen (secondary N) is 1. The third-order valence-electron chi connectivity index (χ3n) is 3.14. The maximum Gasteiger partial charge on any atom is 0.171 e. The van der Waals surface area contributed by atoms with E-state index in [1.165, 1.54) is 4.88 Å². The molecule has 0 amide bonds. The van der Waals surface area contributed by atoms with Crippen molar-refractivity contribution in [2.45, 2.75) is 46.5 Å². The Morgan fingerprint density at radius 3 is 2.43 bits per heavy atom. The average Bonchev–Trinajstić information content (AvgIpc) is 2.88. The summed E-state index contributed by atoms with van der Waals surface area (Å²) in [4.78, 5) is 12.0. The Morgan fingerprint density at radius 2 is 1.90 bits per heavy atom. The van der Waals surface area contributed by atoms with Crippen molar-refractivity contribution in [2.75, 3.05) is 11.9 Å². The zero-order chi connectivity index (χ0) is 15.6. The van der Waals surface area contributed by atoms with Crippen LogP contribution in [0.2, 0.25) is 0 Å². The molecular weight excluding hydrogens is 346 g/mol. The third-order valence-corrected chi connectivity index (χ3v) is 5.11. The molecule has 0 fully saturated rings. The molecule has 5 heteroatoms. The minimum absolute atomic E-state index is 0.0362. The van der Waals surface area contributed by atoms with E-state index in [2.05, 4.69) is 68.0 Å². The largest absolute Gasteiger partial charge is 0.369 e. The molecular formula is C16H22BrN3S. The molecule has 0 aliphatic heterocycles. The van der Waals surface area contributed by atoms with Crippen molar-refractivity contribution < 1.29 is 0 Å². The number of rotatable bonds is 4. The zero-order valence-corrected chi connectivity index (χ0v) is 15.7. The van der Waals surface area contributed by atoms with E-state index in [9.17, 15) is 0 Å². The Balaban J connectivity index is 2.58. The van der Waals surface area contributed by atoms with E-state index >= 15 is 0 Å². The van der Waals surface area contributed by atoms with Crippen LogP contribution in [0.1, 0.15) is 45.2 Å². The summed E-state index contributed by atoms with van der Waals surface area (Å²) in [6.45, 7) is 11.6. The summed E-state index contributed by atoms with van der Waals surface area (Å²) in [6.07, 6.45) is 1.05. The van der Waals surface area contributed by atoms with Gasteiger partial charge < -0.3 is 5.32 Å². The Kier molecular flexibility index (Phi) is 5.04. The van der Waals surface area contributed by atoms with E-state index in [0.717, 1.165) is 39.7 Å². The molecule has 0 saturated carbocycles. The van der Waals surface area contributed by atoms with Crippen LogP contribution in [-0.4, -0.2) is 16.5 Å². The van der Waals surface area contributed by atoms with Crippen molar-refractivity contribution in [3.63, 3.8) is 0 Å². The molecule has 0 bridgehead atoms. The predicted octanol–water partition coefficient (Wildman–Crippen LogP) is 5.26. The number of thiophene rings is 1. The average molecular weight is 368 g/mol. The lowest BCUT2D eigenvalue weighted by atomic mass is 9.92. The first kappa shape index (κ1) is 16.4. The molecule has 114 valence electrons. The fourth-order valence-corrected chi connectivity index (χ4v) is 3.82. The second kappa shape index (κ2) is 6.44. The van der Waals surface area contributed by atoms with Crippen LogP contribution >= 0.6 is 27.3 Å². The molecule has 0 unspecified atom stereocenters. The minimum atomic E-state index is -0.0362. The normalized spacial score (nSPS) is 11.7. The first-order chi connectivity index (χ1) is 9.86. The highest BCUT2D eigenvalue weighted by molar-refractivity contribution is 9.10. The van der Waals surface area contributed by atoms with E-state index in [1.54, 1.807) is 11.3 Å². The molecule has 0 aliphatic rings. The molecule has 0 atom stereocenters. The Bertz CT molecular complexity index is 629. The van der Waals surface area contributed by atoms with Crippen LogP contribution in [-0.2, 0) is 11.8 Å². The predicted molar refractivity (Wildman–Crippen MR) is 95.3 cm³/mol. The molecule has 0 aromatic carbocycles. The van der Waals surface area contributed by atoms with Crippen LogP contribution < -0.4 is 5.32 Å². The maximum absolute atomic E-state index is 4.82. The van der Waals surface area contributed by atoms with E-state index in [-0.39, 0.29) is 5.41 Å². The number of nitrogens with zero attached hydrogens (tertiary/aromatic N) is 2. The van der Waals surface area contributed by atoms with Crippen LogP contribution in [0, 0.1) is 0 Å². The van der Waals surface area contributed by atoms with Crippen molar-refractivity contribution in [1.82, 2.24) is 9.97 Å². The van der Waals surface area contributed by atoms with Gasteiger partial charge in [0.25, 0.3) is 0 Å². The Hall–Kier alpha value is -0.940. The number of hydrogen-bond acceptors (Lipinski definition) is 4. The monoisotopic (exact) mass is 367 g/mol. The SMILES string of the molecule is CCNc1nc(-c2ccc(CC)s2)nc(C(C)(C)C)c1Br. The highest BCUT2D eigenvalue weighted by Gasteiger charge is 2.23. The number of hydrogen-bond donors (Lipinski definition) is 1. The van der Waals surface area contributed by atoms with Gasteiger partial charge in [0.15, 0.2) is 5.82 Å². The first-order valence-electron chi connectivity index (χ1n) is 7.27. The molecule has 2 aromatic rings. The van der Waals surface area contributed by atoms with Gasteiger partial charge in [0.2, 0.25) is 0 Å². The van der Waals surface area contributed by atoms with Crippen LogP contribution in [0.3, 0.4) is 0 Å². The van der Waals surface area contributed by atoms with Crippen LogP contribution in [0.15, 0.2) is 16.6 Å². The standard InChI is InChI=1S/C16H22BrN3S/c1-6-10-8-9-11(21-10)14-19-13(16(3,4)5)12(17)15(20-14)18-7-2/h8-9H,6-7H2,1-5H3,(H,18,19,20). The molecule has 0 spiro atoms. The summed E-state index contributed by atoms with van der Waals surface area (Å²) in [5.74, 6) is 1.68. The van der Waals surface area contributed by atoms with E-state index in [4.69, 9.17) is 9.97 Å². The molecule has 2 heterocycles. The number of aromatic nitrogens is 2. The summed E-state index contributed by atoms with van der Waals surface area (Å²) in [5, 5.41) is 3.33. The minimum Gasteiger partial charge on any atom is -0.369 e. The van der Waals surface area contributed by atoms with Gasteiger partial charge in [-0.1, -0.05) is 27.7 Å². The van der Waals surface area contributed by atoms with Gasteiger partial charge >= 0.3 is 0 Å². The summed E-state index contributed by atoms with van der Waals surface area (Å²) in [7, 11) is 0. The molecule has 1 N–H and O–H groups in total. The van der Waals surface area contributed by atoms with Gasteiger partial charge in [-0.2, -0.15) is 0 Å². The molecule has 0 saturated heterocycles. The highest BCUT2D eigenvalue weighted by atomic mass is 79.9. The topological polar surface area (TPSA) is 37.8 Å². The fourth-order valence-electron chi connectivity index (χ4n) is 2.03. The van der Waals surface area contributed by atoms with E-state index in [0.29, 0.717) is 0 Å². The van der Waals surface area contributed by atoms with Crippen molar-refractivity contribution in [3.8, 4) is 10.7 Å². The van der Waals surface area contributed by atoms with Crippen molar-refractivity contribution >= 4 is 33.1 Å². The number of anilines is 1. The van der Waals surface area contributed by atoms with Gasteiger partial charge in [-0.25, -0.2) is 9.97 Å². The second-order valence-electron chi connectivity index (χ2n) is 5.96. The number of aryl methyl sites for hydroxylation is 1. The molecule has 0 aliphatic carbocycles. The molecule has 2 aromatic heterocycles. The summed E-state index contributed by atoms with van der Waals surface area (Å²) in [5.41, 5.74) is 1.00. The second-order valence-corrected chi connectivity index (χ2v) is 7.92. The number of halogens is 1. The highest BCUT2D eigenvalue weighted by Crippen LogP contribution is 2.35. The van der Waals surface area contributed by atoms with Gasteiger partial charge in [-0.3, -0.25) is 0 Å². The molecule has 3 nitrogen and oxygen atoms in total. The maximum atomic E-state index is 4.82. The molecule has 0 radical (unpaired) electrons. The van der Waals surface area contributed by atoms with Gasteiger partial charge in [0.05, 0.1) is 15.0 Å². The molecule has 21 heavy (non-hydrogen) atoms. The fraction of sp³-hybridized carbons (Fsp3) is 0.500. The first-order valence-corrected chi connectivity index (χ1v) is 8.88. The Morgan fingerprint density at radius 1 is 1.19 bits per heavy atom. The van der Waals surface area contributed by atoms with Gasteiger partial charge in [-0.05, 0) is 41.4 Å². The van der Waals surface area contributed by atoms with E-state index in [1.807, 2.05) is 0 Å². The van der Waals surface area contributed by atoms with Crippen LogP contribution in [0.5, 0.6) is 0 Å². The summed E-state index contributed by atoms with van der Waals surface area (Å²) in [6, 6.07) is 4.28. The lowest BCUT2D eigenvalue weighted by Gasteiger charge is -2.21. The lowest BCUT2D eigenvalue weighted by Crippen LogP contribution is -2.17. The zero-order valence-electron chi connectivity index (χ0n) is 13.2. The molecule has 2 rings (SSSR count). The summed E-state index contributed by atoms with van der Waals surface area (Å²) < 4.78 is 0.966. The van der Waals surface area contributed by atoms with E-state index < -0.39 is 0 Å². The van der Waals surface area contributed by atoms with Crippen LogP contribution in [0.25, 0.3) is 10.7 Å². The summed E-state index contributed by atoms with van der Waals surface area (Å²) >= 11 is 5.43. The van der Waals surface area contributed by atoms with Crippen LogP contribution in [0.4, 0.5) is 5.82 Å². The van der Waals surface area contributed by atoms with Crippen molar-refractivity contribution in [3.05, 3.63) is 27.2 Å². The van der Waals surface area contributed by atoms with Crippen molar-refractivity contribution in [2.24, 2.45) is 0 Å². The van der Waals surface area contributed by atoms with Gasteiger partial charge in [0.1, 0.15) is 5.82 Å². The Labute approximate surface area is 139 Å². The smallest absolute Gasteiger partial charge is 0.171 e. The lowest BCUT2D eigenvalue weighted by molar-refractivity contribution is 0.564. The quantitative estimate of drug-likeness (QED) is 0.800. The van der Waals surface area contributed by atoms with Gasteiger partial charge in [0, 0.05) is 16.8 Å².